The third kappa shape index (κ3) is 3.69. The summed E-state index contributed by atoms with van der Waals surface area (Å²) in [6.07, 6.45) is -0.0935. The summed E-state index contributed by atoms with van der Waals surface area (Å²) in [6, 6.07) is 5.94. The maximum absolute atomic E-state index is 11.8. The van der Waals surface area contributed by atoms with Gasteiger partial charge in [-0.15, -0.1) is 0 Å². The van der Waals surface area contributed by atoms with Crippen LogP contribution in [0.4, 0.5) is 0 Å². The van der Waals surface area contributed by atoms with E-state index in [1.807, 2.05) is 0 Å². The summed E-state index contributed by atoms with van der Waals surface area (Å²) in [7, 11) is 0. The Balaban J connectivity index is 2.73. The summed E-state index contributed by atoms with van der Waals surface area (Å²) < 4.78 is 4.70. The topological polar surface area (TPSA) is 80.7 Å². The Morgan fingerprint density at radius 3 is 2.28 bits per heavy atom. The maximum Gasteiger partial charge on any atom is 0.336 e. The molecule has 0 aromatic heterocycles. The van der Waals surface area contributed by atoms with Gasteiger partial charge in [0.05, 0.1) is 18.6 Å². The Labute approximate surface area is 104 Å². The molecule has 0 atom stereocenters. The molecule has 1 rings (SSSR count). The van der Waals surface area contributed by atoms with Gasteiger partial charge in [-0.2, -0.15) is 0 Å². The SMILES string of the molecule is CCOC(=O)CCC(=O)c1ccccc1C(=O)O. The number of aromatic carboxylic acids is 1. The van der Waals surface area contributed by atoms with Crippen molar-refractivity contribution < 1.29 is 24.2 Å². The predicted octanol–water partition coefficient (Wildman–Crippen LogP) is 1.91. The van der Waals surface area contributed by atoms with Gasteiger partial charge in [0.25, 0.3) is 0 Å². The van der Waals surface area contributed by atoms with Gasteiger partial charge in [-0.25, -0.2) is 4.79 Å². The lowest BCUT2D eigenvalue weighted by Crippen LogP contribution is -2.11. The van der Waals surface area contributed by atoms with Crippen molar-refractivity contribution >= 4 is 17.7 Å². The molecule has 1 aromatic carbocycles. The van der Waals surface area contributed by atoms with Crippen molar-refractivity contribution in [2.45, 2.75) is 19.8 Å². The number of hydrogen-bond donors (Lipinski definition) is 1. The molecule has 0 radical (unpaired) electrons. The molecule has 5 heteroatoms. The highest BCUT2D eigenvalue weighted by atomic mass is 16.5. The van der Waals surface area contributed by atoms with Gasteiger partial charge in [0.1, 0.15) is 0 Å². The first-order chi connectivity index (χ1) is 8.56. The van der Waals surface area contributed by atoms with E-state index in [-0.39, 0.29) is 36.4 Å². The molecular weight excluding hydrogens is 236 g/mol. The molecule has 0 bridgehead atoms. The van der Waals surface area contributed by atoms with E-state index in [9.17, 15) is 14.4 Å². The molecule has 96 valence electrons. The third-order valence-corrected chi connectivity index (χ3v) is 2.32. The Morgan fingerprint density at radius 1 is 1.11 bits per heavy atom. The molecule has 0 saturated heterocycles. The van der Waals surface area contributed by atoms with Gasteiger partial charge < -0.3 is 9.84 Å². The lowest BCUT2D eigenvalue weighted by molar-refractivity contribution is -0.143. The average Bonchev–Trinajstić information content (AvgIpc) is 2.36. The molecule has 0 saturated carbocycles. The van der Waals surface area contributed by atoms with Crippen LogP contribution in [0, 0.1) is 0 Å². The van der Waals surface area contributed by atoms with Gasteiger partial charge in [0.15, 0.2) is 5.78 Å². The minimum absolute atomic E-state index is 0.0410. The molecule has 0 unspecified atom stereocenters. The van der Waals surface area contributed by atoms with E-state index in [0.717, 1.165) is 0 Å². The van der Waals surface area contributed by atoms with Gasteiger partial charge in [0, 0.05) is 12.0 Å². The molecule has 0 aliphatic carbocycles. The van der Waals surface area contributed by atoms with Gasteiger partial charge in [-0.05, 0) is 13.0 Å². The van der Waals surface area contributed by atoms with Crippen LogP contribution in [0.3, 0.4) is 0 Å². The van der Waals surface area contributed by atoms with Crippen molar-refractivity contribution in [1.29, 1.82) is 0 Å². The van der Waals surface area contributed by atoms with Crippen LogP contribution in [0.1, 0.15) is 40.5 Å². The van der Waals surface area contributed by atoms with E-state index in [2.05, 4.69) is 0 Å². The maximum atomic E-state index is 11.8. The summed E-state index contributed by atoms with van der Waals surface area (Å²) in [5.74, 6) is -1.99. The highest BCUT2D eigenvalue weighted by Crippen LogP contribution is 2.12. The first kappa shape index (κ1) is 13.9. The van der Waals surface area contributed by atoms with E-state index >= 15 is 0 Å². The van der Waals surface area contributed by atoms with Crippen molar-refractivity contribution in [3.05, 3.63) is 35.4 Å². The van der Waals surface area contributed by atoms with Crippen LogP contribution in [0.15, 0.2) is 24.3 Å². The van der Waals surface area contributed by atoms with Crippen molar-refractivity contribution in [2.24, 2.45) is 0 Å². The summed E-state index contributed by atoms with van der Waals surface area (Å²) in [4.78, 5) is 33.8. The van der Waals surface area contributed by atoms with E-state index in [4.69, 9.17) is 9.84 Å². The van der Waals surface area contributed by atoms with Crippen LogP contribution in [0.2, 0.25) is 0 Å². The third-order valence-electron chi connectivity index (χ3n) is 2.32. The largest absolute Gasteiger partial charge is 0.478 e. The second-order valence-corrected chi connectivity index (χ2v) is 3.58. The van der Waals surface area contributed by atoms with Crippen LogP contribution in [0.5, 0.6) is 0 Å². The van der Waals surface area contributed by atoms with Crippen molar-refractivity contribution in [1.82, 2.24) is 0 Å². The number of Topliss-reactive ketones (excluding diaryl/α,β-unsaturated/α-hetero) is 1. The standard InChI is InChI=1S/C13H14O5/c1-2-18-12(15)8-7-11(14)9-5-3-4-6-10(9)13(16)17/h3-6H,2,7-8H2,1H3,(H,16,17). The molecular formula is C13H14O5. The molecule has 1 aromatic rings. The molecule has 1 N–H and O–H groups in total. The molecule has 18 heavy (non-hydrogen) atoms. The number of rotatable bonds is 6. The van der Waals surface area contributed by atoms with E-state index in [0.29, 0.717) is 0 Å². The minimum atomic E-state index is -1.16. The fraction of sp³-hybridized carbons (Fsp3) is 0.308. The van der Waals surface area contributed by atoms with Crippen LogP contribution < -0.4 is 0 Å². The quantitative estimate of drug-likeness (QED) is 0.616. The van der Waals surface area contributed by atoms with Gasteiger partial charge in [-0.3, -0.25) is 9.59 Å². The van der Waals surface area contributed by atoms with Crippen molar-refractivity contribution in [3.63, 3.8) is 0 Å². The molecule has 0 aliphatic heterocycles. The zero-order chi connectivity index (χ0) is 13.5. The van der Waals surface area contributed by atoms with Crippen molar-refractivity contribution in [3.8, 4) is 0 Å². The summed E-state index contributed by atoms with van der Waals surface area (Å²) in [5, 5.41) is 8.93. The number of hydrogen-bond acceptors (Lipinski definition) is 4. The van der Waals surface area contributed by atoms with Crippen LogP contribution >= 0.6 is 0 Å². The van der Waals surface area contributed by atoms with Gasteiger partial charge in [0.2, 0.25) is 0 Å². The van der Waals surface area contributed by atoms with Gasteiger partial charge in [-0.1, -0.05) is 18.2 Å². The Morgan fingerprint density at radius 2 is 1.72 bits per heavy atom. The number of carbonyl (C=O) groups is 3. The highest BCUT2D eigenvalue weighted by Gasteiger charge is 2.16. The zero-order valence-corrected chi connectivity index (χ0v) is 10.0. The van der Waals surface area contributed by atoms with Crippen LogP contribution in [0.25, 0.3) is 0 Å². The zero-order valence-electron chi connectivity index (χ0n) is 10.0. The summed E-state index contributed by atoms with van der Waals surface area (Å²) in [6.45, 7) is 1.94. The second-order valence-electron chi connectivity index (χ2n) is 3.58. The summed E-state index contributed by atoms with van der Waals surface area (Å²) >= 11 is 0. The van der Waals surface area contributed by atoms with Crippen LogP contribution in [-0.4, -0.2) is 29.4 Å². The fourth-order valence-electron chi connectivity index (χ4n) is 1.50. The van der Waals surface area contributed by atoms with E-state index in [1.54, 1.807) is 19.1 Å². The molecule has 0 amide bonds. The lowest BCUT2D eigenvalue weighted by Gasteiger charge is -2.04. The normalized spacial score (nSPS) is 9.83. The second kappa shape index (κ2) is 6.54. The van der Waals surface area contributed by atoms with Crippen LogP contribution in [-0.2, 0) is 9.53 Å². The number of carboxylic acid groups (broad SMARTS) is 1. The number of esters is 1. The predicted molar refractivity (Wildman–Crippen MR) is 63.6 cm³/mol. The number of ether oxygens (including phenoxy) is 1. The monoisotopic (exact) mass is 250 g/mol. The molecule has 0 fully saturated rings. The van der Waals surface area contributed by atoms with E-state index < -0.39 is 11.9 Å². The Bertz CT molecular complexity index is 464. The average molecular weight is 250 g/mol. The molecule has 0 heterocycles. The number of benzene rings is 1. The van der Waals surface area contributed by atoms with Crippen molar-refractivity contribution in [2.75, 3.05) is 6.61 Å². The lowest BCUT2D eigenvalue weighted by atomic mass is 10.0. The van der Waals surface area contributed by atoms with E-state index in [1.165, 1.54) is 12.1 Å². The Kier molecular flexibility index (Phi) is 5.05. The minimum Gasteiger partial charge on any atom is -0.478 e. The summed E-state index contributed by atoms with van der Waals surface area (Å²) in [5.41, 5.74) is 0.0701. The smallest absolute Gasteiger partial charge is 0.336 e. The Hall–Kier alpha value is -2.17. The first-order valence-corrected chi connectivity index (χ1v) is 5.57. The highest BCUT2D eigenvalue weighted by molar-refractivity contribution is 6.06. The molecule has 5 nitrogen and oxygen atoms in total. The number of carboxylic acids is 1. The molecule has 0 aliphatic rings. The fourth-order valence-corrected chi connectivity index (χ4v) is 1.50. The number of ketones is 1. The molecule has 0 spiro atoms. The van der Waals surface area contributed by atoms with Gasteiger partial charge >= 0.3 is 11.9 Å². The first-order valence-electron chi connectivity index (χ1n) is 5.57. The number of carbonyl (C=O) groups excluding carboxylic acids is 2.